The Morgan fingerprint density at radius 2 is 1.78 bits per heavy atom. The SMILES string of the molecule is Cc1ccc(N2CCN(C(=O)CN3CCC(C(=O)Nc4ccc(O)cc4)C3)CC2)c(F)c1. The fourth-order valence-electron chi connectivity index (χ4n) is 4.34. The molecule has 7 nitrogen and oxygen atoms in total. The van der Waals surface area contributed by atoms with Gasteiger partial charge in [-0.3, -0.25) is 14.5 Å². The van der Waals surface area contributed by atoms with Crippen LogP contribution in [0.2, 0.25) is 0 Å². The molecule has 0 bridgehead atoms. The Bertz CT molecular complexity index is 974. The van der Waals surface area contributed by atoms with Gasteiger partial charge in [0, 0.05) is 38.4 Å². The molecular formula is C24H29FN4O3. The quantitative estimate of drug-likeness (QED) is 0.699. The van der Waals surface area contributed by atoms with Gasteiger partial charge in [0.1, 0.15) is 11.6 Å². The second-order valence-electron chi connectivity index (χ2n) is 8.58. The molecule has 170 valence electrons. The number of hydrogen-bond acceptors (Lipinski definition) is 5. The van der Waals surface area contributed by atoms with Gasteiger partial charge in [0.2, 0.25) is 11.8 Å². The summed E-state index contributed by atoms with van der Waals surface area (Å²) in [6.07, 6.45) is 0.706. The van der Waals surface area contributed by atoms with Gasteiger partial charge in [0.15, 0.2) is 0 Å². The molecule has 2 amide bonds. The van der Waals surface area contributed by atoms with Gasteiger partial charge in [0.25, 0.3) is 0 Å². The number of carbonyl (C=O) groups is 2. The summed E-state index contributed by atoms with van der Waals surface area (Å²) in [5.74, 6) is -0.261. The number of anilines is 2. The molecule has 2 aromatic rings. The van der Waals surface area contributed by atoms with E-state index in [4.69, 9.17) is 0 Å². The maximum absolute atomic E-state index is 14.2. The van der Waals surface area contributed by atoms with Gasteiger partial charge in [-0.2, -0.15) is 0 Å². The summed E-state index contributed by atoms with van der Waals surface area (Å²) in [7, 11) is 0. The zero-order chi connectivity index (χ0) is 22.7. The molecule has 0 aliphatic carbocycles. The lowest BCUT2D eigenvalue weighted by molar-refractivity contribution is -0.132. The van der Waals surface area contributed by atoms with E-state index < -0.39 is 0 Å². The van der Waals surface area contributed by atoms with E-state index in [9.17, 15) is 19.1 Å². The van der Waals surface area contributed by atoms with Crippen LogP contribution in [0.4, 0.5) is 15.8 Å². The summed E-state index contributed by atoms with van der Waals surface area (Å²) in [4.78, 5) is 31.1. The van der Waals surface area contributed by atoms with Crippen LogP contribution >= 0.6 is 0 Å². The van der Waals surface area contributed by atoms with Crippen LogP contribution in [-0.4, -0.2) is 72.5 Å². The molecule has 2 aromatic carbocycles. The van der Waals surface area contributed by atoms with Gasteiger partial charge in [-0.1, -0.05) is 6.07 Å². The topological polar surface area (TPSA) is 76.1 Å². The zero-order valence-corrected chi connectivity index (χ0v) is 18.3. The average molecular weight is 441 g/mol. The highest BCUT2D eigenvalue weighted by atomic mass is 19.1. The molecule has 8 heteroatoms. The molecule has 4 rings (SSSR count). The van der Waals surface area contributed by atoms with Crippen LogP contribution in [0, 0.1) is 18.7 Å². The molecule has 1 unspecified atom stereocenters. The Hall–Kier alpha value is -3.13. The number of nitrogens with one attached hydrogen (secondary N) is 1. The lowest BCUT2D eigenvalue weighted by Gasteiger charge is -2.37. The van der Waals surface area contributed by atoms with Gasteiger partial charge >= 0.3 is 0 Å². The Morgan fingerprint density at radius 1 is 1.06 bits per heavy atom. The number of aryl methyl sites for hydroxylation is 1. The van der Waals surface area contributed by atoms with Crippen molar-refractivity contribution in [1.29, 1.82) is 0 Å². The van der Waals surface area contributed by atoms with E-state index in [-0.39, 0.29) is 29.3 Å². The number of benzene rings is 2. The van der Waals surface area contributed by atoms with Gasteiger partial charge in [-0.25, -0.2) is 4.39 Å². The fraction of sp³-hybridized carbons (Fsp3) is 0.417. The third-order valence-corrected chi connectivity index (χ3v) is 6.21. The van der Waals surface area contributed by atoms with Crippen molar-refractivity contribution in [3.05, 3.63) is 53.8 Å². The number of rotatable bonds is 5. The lowest BCUT2D eigenvalue weighted by Crippen LogP contribution is -2.51. The highest BCUT2D eigenvalue weighted by Crippen LogP contribution is 2.23. The maximum atomic E-state index is 14.2. The Labute approximate surface area is 187 Å². The van der Waals surface area contributed by atoms with E-state index in [0.29, 0.717) is 63.6 Å². The summed E-state index contributed by atoms with van der Waals surface area (Å²) in [6, 6.07) is 11.6. The minimum atomic E-state index is -0.224. The first-order chi connectivity index (χ1) is 15.4. The van der Waals surface area contributed by atoms with Gasteiger partial charge in [0.05, 0.1) is 18.2 Å². The second-order valence-corrected chi connectivity index (χ2v) is 8.58. The number of halogens is 1. The molecule has 2 fully saturated rings. The number of hydrogen-bond donors (Lipinski definition) is 2. The lowest BCUT2D eigenvalue weighted by atomic mass is 10.1. The predicted molar refractivity (Wildman–Crippen MR) is 121 cm³/mol. The third-order valence-electron chi connectivity index (χ3n) is 6.21. The van der Waals surface area contributed by atoms with Gasteiger partial charge < -0.3 is 20.2 Å². The molecule has 2 saturated heterocycles. The predicted octanol–water partition coefficient (Wildman–Crippen LogP) is 2.45. The largest absolute Gasteiger partial charge is 0.508 e. The van der Waals surface area contributed by atoms with E-state index in [0.717, 1.165) is 5.56 Å². The first kappa shape index (κ1) is 22.1. The summed E-state index contributed by atoms with van der Waals surface area (Å²) in [5.41, 5.74) is 2.12. The first-order valence-corrected chi connectivity index (χ1v) is 11.0. The van der Waals surface area contributed by atoms with Gasteiger partial charge in [-0.15, -0.1) is 0 Å². The number of carbonyl (C=O) groups excluding carboxylic acids is 2. The average Bonchev–Trinajstić information content (AvgIpc) is 3.24. The molecule has 0 spiro atoms. The van der Waals surface area contributed by atoms with E-state index in [1.165, 1.54) is 18.2 Å². The molecule has 0 aromatic heterocycles. The summed E-state index contributed by atoms with van der Waals surface area (Å²) in [5, 5.41) is 12.2. The number of piperazine rings is 1. The number of amides is 2. The van der Waals surface area contributed by atoms with Crippen LogP contribution in [0.25, 0.3) is 0 Å². The number of phenolic OH excluding ortho intramolecular Hbond substituents is 1. The third kappa shape index (κ3) is 5.19. The van der Waals surface area contributed by atoms with E-state index in [1.807, 2.05) is 27.7 Å². The molecule has 2 N–H and O–H groups in total. The van der Waals surface area contributed by atoms with Gasteiger partial charge in [-0.05, 0) is 61.9 Å². The van der Waals surface area contributed by atoms with Crippen LogP contribution in [0.1, 0.15) is 12.0 Å². The zero-order valence-electron chi connectivity index (χ0n) is 18.3. The van der Waals surface area contributed by atoms with Crippen LogP contribution in [0.15, 0.2) is 42.5 Å². The van der Waals surface area contributed by atoms with Crippen molar-refractivity contribution in [2.45, 2.75) is 13.3 Å². The number of likely N-dealkylation sites (tertiary alicyclic amines) is 1. The molecular weight excluding hydrogens is 411 g/mol. The fourth-order valence-corrected chi connectivity index (χ4v) is 4.34. The standard InChI is InChI=1S/C24H29FN4O3/c1-17-2-7-22(21(25)14-17)28-10-12-29(13-11-28)23(31)16-27-9-8-18(15-27)24(32)26-19-3-5-20(30)6-4-19/h2-7,14,18,30H,8-13,15-16H2,1H3,(H,26,32). The van der Waals surface area contributed by atoms with Crippen LogP contribution < -0.4 is 10.2 Å². The molecule has 32 heavy (non-hydrogen) atoms. The molecule has 2 aliphatic rings. The van der Waals surface area contributed by atoms with E-state index in [2.05, 4.69) is 5.32 Å². The molecule has 1 atom stereocenters. The Balaban J connectivity index is 1.23. The van der Waals surface area contributed by atoms with Crippen molar-refractivity contribution in [1.82, 2.24) is 9.80 Å². The highest BCUT2D eigenvalue weighted by Gasteiger charge is 2.31. The highest BCUT2D eigenvalue weighted by molar-refractivity contribution is 5.93. The molecule has 2 aliphatic heterocycles. The smallest absolute Gasteiger partial charge is 0.236 e. The molecule has 0 saturated carbocycles. The van der Waals surface area contributed by atoms with Crippen molar-refractivity contribution >= 4 is 23.2 Å². The molecule has 0 radical (unpaired) electrons. The van der Waals surface area contributed by atoms with Crippen LogP contribution in [0.5, 0.6) is 5.75 Å². The Kier molecular flexibility index (Phi) is 6.60. The second kappa shape index (κ2) is 9.56. The summed E-state index contributed by atoms with van der Waals surface area (Å²) >= 11 is 0. The van der Waals surface area contributed by atoms with Crippen LogP contribution in [-0.2, 0) is 9.59 Å². The Morgan fingerprint density at radius 3 is 2.47 bits per heavy atom. The van der Waals surface area contributed by atoms with Crippen molar-refractivity contribution < 1.29 is 19.1 Å². The summed E-state index contributed by atoms with van der Waals surface area (Å²) in [6.45, 7) is 5.73. The minimum Gasteiger partial charge on any atom is -0.508 e. The maximum Gasteiger partial charge on any atom is 0.236 e. The number of aromatic hydroxyl groups is 1. The van der Waals surface area contributed by atoms with Crippen LogP contribution in [0.3, 0.4) is 0 Å². The number of nitrogens with zero attached hydrogens (tertiary/aromatic N) is 3. The van der Waals surface area contributed by atoms with Crippen molar-refractivity contribution in [2.75, 3.05) is 56.0 Å². The normalized spacial score (nSPS) is 19.2. The number of phenols is 1. The van der Waals surface area contributed by atoms with Crippen molar-refractivity contribution in [2.24, 2.45) is 5.92 Å². The van der Waals surface area contributed by atoms with Crippen molar-refractivity contribution in [3.8, 4) is 5.75 Å². The monoisotopic (exact) mass is 440 g/mol. The minimum absolute atomic E-state index is 0.0496. The van der Waals surface area contributed by atoms with Crippen molar-refractivity contribution in [3.63, 3.8) is 0 Å². The molecule has 2 heterocycles. The summed E-state index contributed by atoms with van der Waals surface area (Å²) < 4.78 is 14.2. The van der Waals surface area contributed by atoms with E-state index >= 15 is 0 Å². The first-order valence-electron chi connectivity index (χ1n) is 11.0. The van der Waals surface area contributed by atoms with E-state index in [1.54, 1.807) is 18.2 Å².